The molecule has 1 aliphatic carbocycles. The van der Waals surface area contributed by atoms with Gasteiger partial charge in [-0.25, -0.2) is 4.39 Å². The number of benzene rings is 1. The summed E-state index contributed by atoms with van der Waals surface area (Å²) in [5, 5.41) is 0.0995. The maximum absolute atomic E-state index is 13.4. The van der Waals surface area contributed by atoms with Gasteiger partial charge >= 0.3 is 0 Å². The van der Waals surface area contributed by atoms with Gasteiger partial charge in [0.25, 0.3) is 0 Å². The molecule has 116 valence electrons. The Bertz CT molecular complexity index is 478. The second-order valence-corrected chi connectivity index (χ2v) is 6.59. The Morgan fingerprint density at radius 3 is 2.67 bits per heavy atom. The molecule has 3 heteroatoms. The summed E-state index contributed by atoms with van der Waals surface area (Å²) < 4.78 is 13.4. The summed E-state index contributed by atoms with van der Waals surface area (Å²) in [5.74, 6) is 0.718. The first-order valence-corrected chi connectivity index (χ1v) is 8.45. The van der Waals surface area contributed by atoms with Gasteiger partial charge in [0, 0.05) is 12.3 Å². The van der Waals surface area contributed by atoms with E-state index in [-0.39, 0.29) is 23.1 Å². The molecule has 0 bridgehead atoms. The first kappa shape index (κ1) is 16.5. The number of rotatable bonds is 6. The van der Waals surface area contributed by atoms with Gasteiger partial charge in [0.15, 0.2) is 0 Å². The first-order valence-electron chi connectivity index (χ1n) is 8.07. The van der Waals surface area contributed by atoms with Crippen LogP contribution in [0.15, 0.2) is 18.2 Å². The molecule has 0 unspecified atom stereocenters. The molecule has 0 atom stereocenters. The Morgan fingerprint density at radius 2 is 2.00 bits per heavy atom. The standard InChI is InChI=1S/C18H24ClFO/c1-2-3-5-13-8-10-14(11-9-13)17(21)12-15-6-4-7-16(20)18(15)19/h4,6-7,13-14H,2-3,5,8-12H2,1H3. The van der Waals surface area contributed by atoms with Crippen LogP contribution < -0.4 is 0 Å². The molecule has 1 nitrogen and oxygen atoms in total. The molecular weight excluding hydrogens is 287 g/mol. The van der Waals surface area contributed by atoms with E-state index in [1.807, 2.05) is 0 Å². The average Bonchev–Trinajstić information content (AvgIpc) is 2.50. The number of hydrogen-bond donors (Lipinski definition) is 0. The summed E-state index contributed by atoms with van der Waals surface area (Å²) in [4.78, 5) is 12.4. The van der Waals surface area contributed by atoms with E-state index < -0.39 is 5.82 Å². The third-order valence-electron chi connectivity index (χ3n) is 4.66. The van der Waals surface area contributed by atoms with Crippen molar-refractivity contribution in [1.82, 2.24) is 0 Å². The summed E-state index contributed by atoms with van der Waals surface area (Å²) in [5.41, 5.74) is 0.620. The second kappa shape index (κ2) is 7.93. The van der Waals surface area contributed by atoms with Gasteiger partial charge in [-0.3, -0.25) is 4.79 Å². The quantitative estimate of drug-likeness (QED) is 0.669. The molecule has 0 amide bonds. The van der Waals surface area contributed by atoms with Crippen molar-refractivity contribution in [2.45, 2.75) is 58.3 Å². The molecule has 1 aromatic carbocycles. The Labute approximate surface area is 131 Å². The predicted molar refractivity (Wildman–Crippen MR) is 85.1 cm³/mol. The zero-order valence-electron chi connectivity index (χ0n) is 12.7. The summed E-state index contributed by atoms with van der Waals surface area (Å²) >= 11 is 5.93. The van der Waals surface area contributed by atoms with Crippen LogP contribution in [0.4, 0.5) is 4.39 Å². The molecule has 0 aromatic heterocycles. The summed E-state index contributed by atoms with van der Waals surface area (Å²) in [7, 11) is 0. The van der Waals surface area contributed by atoms with Crippen molar-refractivity contribution in [1.29, 1.82) is 0 Å². The molecule has 21 heavy (non-hydrogen) atoms. The minimum absolute atomic E-state index is 0.0995. The van der Waals surface area contributed by atoms with Crippen LogP contribution in [0.3, 0.4) is 0 Å². The van der Waals surface area contributed by atoms with E-state index >= 15 is 0 Å². The molecule has 0 spiro atoms. The van der Waals surface area contributed by atoms with Gasteiger partial charge in [-0.05, 0) is 43.2 Å². The van der Waals surface area contributed by atoms with Crippen LogP contribution in [0.2, 0.25) is 5.02 Å². The van der Waals surface area contributed by atoms with E-state index in [0.717, 1.165) is 31.6 Å². The van der Waals surface area contributed by atoms with Gasteiger partial charge in [0.1, 0.15) is 11.6 Å². The van der Waals surface area contributed by atoms with Crippen LogP contribution in [0.5, 0.6) is 0 Å². The van der Waals surface area contributed by atoms with Crippen molar-refractivity contribution in [2.24, 2.45) is 11.8 Å². The van der Waals surface area contributed by atoms with Crippen LogP contribution in [0, 0.1) is 17.7 Å². The van der Waals surface area contributed by atoms with E-state index in [2.05, 4.69) is 6.92 Å². The van der Waals surface area contributed by atoms with Gasteiger partial charge in [-0.1, -0.05) is 49.9 Å². The highest BCUT2D eigenvalue weighted by Gasteiger charge is 2.26. The number of hydrogen-bond acceptors (Lipinski definition) is 1. The van der Waals surface area contributed by atoms with E-state index in [9.17, 15) is 9.18 Å². The van der Waals surface area contributed by atoms with Gasteiger partial charge in [0.05, 0.1) is 5.02 Å². The van der Waals surface area contributed by atoms with Crippen molar-refractivity contribution in [3.63, 3.8) is 0 Å². The van der Waals surface area contributed by atoms with Crippen molar-refractivity contribution in [2.75, 3.05) is 0 Å². The lowest BCUT2D eigenvalue weighted by Gasteiger charge is -2.27. The molecule has 0 N–H and O–H groups in total. The Balaban J connectivity index is 1.86. The van der Waals surface area contributed by atoms with Crippen LogP contribution in [0.25, 0.3) is 0 Å². The highest BCUT2D eigenvalue weighted by molar-refractivity contribution is 6.31. The molecular formula is C18H24ClFO. The van der Waals surface area contributed by atoms with E-state index in [1.165, 1.54) is 25.3 Å². The molecule has 0 radical (unpaired) electrons. The van der Waals surface area contributed by atoms with Gasteiger partial charge in [-0.2, -0.15) is 0 Å². The monoisotopic (exact) mass is 310 g/mol. The molecule has 0 aliphatic heterocycles. The van der Waals surface area contributed by atoms with Crippen molar-refractivity contribution >= 4 is 17.4 Å². The van der Waals surface area contributed by atoms with E-state index in [4.69, 9.17) is 11.6 Å². The van der Waals surface area contributed by atoms with Crippen LogP contribution >= 0.6 is 11.6 Å². The molecule has 0 heterocycles. The van der Waals surface area contributed by atoms with Gasteiger partial charge in [0.2, 0.25) is 0 Å². The largest absolute Gasteiger partial charge is 0.299 e. The van der Waals surface area contributed by atoms with Crippen LogP contribution in [-0.2, 0) is 11.2 Å². The van der Waals surface area contributed by atoms with Crippen LogP contribution in [0.1, 0.15) is 57.4 Å². The zero-order valence-corrected chi connectivity index (χ0v) is 13.5. The number of Topliss-reactive ketones (excluding diaryl/α,β-unsaturated/α-hetero) is 1. The fourth-order valence-electron chi connectivity index (χ4n) is 3.28. The third kappa shape index (κ3) is 4.54. The Kier molecular flexibility index (Phi) is 6.22. The summed E-state index contributed by atoms with van der Waals surface area (Å²) in [6.45, 7) is 2.22. The average molecular weight is 311 g/mol. The minimum Gasteiger partial charge on any atom is -0.299 e. The molecule has 2 rings (SSSR count). The third-order valence-corrected chi connectivity index (χ3v) is 5.09. The van der Waals surface area contributed by atoms with Gasteiger partial charge < -0.3 is 0 Å². The number of unbranched alkanes of at least 4 members (excludes halogenated alkanes) is 1. The zero-order chi connectivity index (χ0) is 15.2. The molecule has 0 saturated heterocycles. The predicted octanol–water partition coefficient (Wildman–Crippen LogP) is 5.59. The smallest absolute Gasteiger partial charge is 0.142 e. The van der Waals surface area contributed by atoms with Crippen molar-refractivity contribution in [3.8, 4) is 0 Å². The summed E-state index contributed by atoms with van der Waals surface area (Å²) in [6.07, 6.45) is 8.40. The lowest BCUT2D eigenvalue weighted by molar-refractivity contribution is -0.123. The molecule has 1 saturated carbocycles. The van der Waals surface area contributed by atoms with E-state index in [1.54, 1.807) is 12.1 Å². The van der Waals surface area contributed by atoms with Gasteiger partial charge in [-0.15, -0.1) is 0 Å². The topological polar surface area (TPSA) is 17.1 Å². The Hall–Kier alpha value is -0.890. The number of carbonyl (C=O) groups is 1. The lowest BCUT2D eigenvalue weighted by atomic mass is 9.77. The Morgan fingerprint density at radius 1 is 1.29 bits per heavy atom. The molecule has 1 aromatic rings. The fourth-order valence-corrected chi connectivity index (χ4v) is 3.48. The highest BCUT2D eigenvalue weighted by Crippen LogP contribution is 2.33. The molecule has 1 fully saturated rings. The van der Waals surface area contributed by atoms with Crippen molar-refractivity contribution in [3.05, 3.63) is 34.6 Å². The minimum atomic E-state index is -0.440. The summed E-state index contributed by atoms with van der Waals surface area (Å²) in [6, 6.07) is 4.69. The SMILES string of the molecule is CCCCC1CCC(C(=O)Cc2cccc(F)c2Cl)CC1. The highest BCUT2D eigenvalue weighted by atomic mass is 35.5. The lowest BCUT2D eigenvalue weighted by Crippen LogP contribution is -2.23. The maximum Gasteiger partial charge on any atom is 0.142 e. The fraction of sp³-hybridized carbons (Fsp3) is 0.611. The molecule has 1 aliphatic rings. The van der Waals surface area contributed by atoms with E-state index in [0.29, 0.717) is 5.56 Å². The first-order chi connectivity index (χ1) is 10.1. The second-order valence-electron chi connectivity index (χ2n) is 6.22. The number of carbonyl (C=O) groups excluding carboxylic acids is 1. The normalized spacial score (nSPS) is 22.2. The maximum atomic E-state index is 13.4. The van der Waals surface area contributed by atoms with Crippen molar-refractivity contribution < 1.29 is 9.18 Å². The van der Waals surface area contributed by atoms with Crippen LogP contribution in [-0.4, -0.2) is 5.78 Å². The number of ketones is 1. The number of halogens is 2.